The van der Waals surface area contributed by atoms with Gasteiger partial charge >= 0.3 is 0 Å². The van der Waals surface area contributed by atoms with Crippen molar-refractivity contribution < 1.29 is 13.2 Å². The van der Waals surface area contributed by atoms with Crippen LogP contribution in [0.5, 0.6) is 0 Å². The minimum atomic E-state index is -3.02. The summed E-state index contributed by atoms with van der Waals surface area (Å²) in [4.78, 5) is 17.5. The Hall–Kier alpha value is -1.05. The normalized spacial score (nSPS) is 28.0. The summed E-state index contributed by atoms with van der Waals surface area (Å²) < 4.78 is 23.7. The van der Waals surface area contributed by atoms with E-state index in [1.54, 1.807) is 0 Å². The zero-order chi connectivity index (χ0) is 15.7. The van der Waals surface area contributed by atoms with Crippen molar-refractivity contribution in [1.82, 2.24) is 4.90 Å². The number of halogens is 1. The van der Waals surface area contributed by atoms with E-state index in [0.717, 1.165) is 5.56 Å². The Morgan fingerprint density at radius 1 is 1.32 bits per heavy atom. The van der Waals surface area contributed by atoms with Crippen molar-refractivity contribution in [2.45, 2.75) is 17.8 Å². The van der Waals surface area contributed by atoms with Gasteiger partial charge in [0.2, 0.25) is 0 Å². The minimum absolute atomic E-state index is 0.0596. The highest BCUT2D eigenvalue weighted by Crippen LogP contribution is 2.38. The summed E-state index contributed by atoms with van der Waals surface area (Å²) in [7, 11) is -3.02. The molecule has 0 bridgehead atoms. The van der Waals surface area contributed by atoms with Crippen LogP contribution in [0.4, 0.5) is 0 Å². The predicted octanol–water partition coefficient (Wildman–Crippen LogP) is 1.52. The average molecular weight is 359 g/mol. The molecule has 1 aromatic carbocycles. The molecule has 2 atom stereocenters. The van der Waals surface area contributed by atoms with Crippen LogP contribution in [0.1, 0.15) is 5.56 Å². The molecular formula is C14H15ClN2O3S2. The number of hydrogen-bond donors (Lipinski definition) is 0. The zero-order valence-electron chi connectivity index (χ0n) is 11.7. The highest BCUT2D eigenvalue weighted by molar-refractivity contribution is 8.15. The van der Waals surface area contributed by atoms with Crippen LogP contribution in [-0.2, 0) is 21.2 Å². The number of amides is 1. The predicted molar refractivity (Wildman–Crippen MR) is 89.0 cm³/mol. The monoisotopic (exact) mass is 358 g/mol. The lowest BCUT2D eigenvalue weighted by Gasteiger charge is -2.24. The molecule has 118 valence electrons. The quantitative estimate of drug-likeness (QED) is 0.766. The summed E-state index contributed by atoms with van der Waals surface area (Å²) in [5.74, 6) is -0.311. The Morgan fingerprint density at radius 2 is 2.05 bits per heavy atom. The maximum absolute atomic E-state index is 11.9. The first kappa shape index (κ1) is 15.8. The minimum Gasteiger partial charge on any atom is -0.342 e. The van der Waals surface area contributed by atoms with E-state index in [2.05, 4.69) is 4.99 Å². The Labute approximate surface area is 138 Å². The summed E-state index contributed by atoms with van der Waals surface area (Å²) in [5, 5.41) is 0.523. The molecule has 0 aliphatic carbocycles. The van der Waals surface area contributed by atoms with Gasteiger partial charge in [-0.15, -0.1) is 11.6 Å². The van der Waals surface area contributed by atoms with E-state index in [0.29, 0.717) is 11.7 Å². The molecule has 3 rings (SSSR count). The number of carbonyl (C=O) groups excluding carboxylic acids is 1. The fraction of sp³-hybridized carbons (Fsp3) is 0.429. The third-order valence-corrected chi connectivity index (χ3v) is 7.18. The highest BCUT2D eigenvalue weighted by atomic mass is 35.5. The maximum Gasteiger partial charge on any atom is 0.262 e. The molecule has 2 aliphatic rings. The molecule has 0 spiro atoms. The molecule has 1 amide bonds. The van der Waals surface area contributed by atoms with Crippen molar-refractivity contribution >= 4 is 44.3 Å². The second-order valence-corrected chi connectivity index (χ2v) is 8.96. The first-order chi connectivity index (χ1) is 10.5. The summed E-state index contributed by atoms with van der Waals surface area (Å²) >= 11 is 6.90. The number of aliphatic imine (C=N–C) groups is 1. The number of thioether (sulfide) groups is 1. The molecule has 2 fully saturated rings. The molecule has 2 unspecified atom stereocenters. The average Bonchev–Trinajstić information content (AvgIpc) is 2.93. The number of benzene rings is 1. The van der Waals surface area contributed by atoms with Gasteiger partial charge < -0.3 is 4.90 Å². The molecule has 22 heavy (non-hydrogen) atoms. The molecule has 0 saturated carbocycles. The van der Waals surface area contributed by atoms with Gasteiger partial charge in [-0.2, -0.15) is 4.99 Å². The maximum atomic E-state index is 11.9. The molecule has 8 heteroatoms. The molecule has 0 aromatic heterocycles. The largest absolute Gasteiger partial charge is 0.342 e. The third-order valence-electron chi connectivity index (χ3n) is 3.71. The molecule has 5 nitrogen and oxygen atoms in total. The van der Waals surface area contributed by atoms with E-state index in [1.165, 1.54) is 11.8 Å². The van der Waals surface area contributed by atoms with Gasteiger partial charge in [-0.25, -0.2) is 8.42 Å². The third kappa shape index (κ3) is 3.31. The van der Waals surface area contributed by atoms with Gasteiger partial charge in [0.15, 0.2) is 15.0 Å². The summed E-state index contributed by atoms with van der Waals surface area (Å²) in [5.41, 5.74) is 1.05. The van der Waals surface area contributed by atoms with Crippen LogP contribution in [0.15, 0.2) is 35.3 Å². The van der Waals surface area contributed by atoms with E-state index >= 15 is 0 Å². The van der Waals surface area contributed by atoms with Gasteiger partial charge in [-0.05, 0) is 5.56 Å². The Morgan fingerprint density at radius 3 is 2.73 bits per heavy atom. The summed E-state index contributed by atoms with van der Waals surface area (Å²) in [6.45, 7) is 0.541. The van der Waals surface area contributed by atoms with Gasteiger partial charge in [0, 0.05) is 11.8 Å². The lowest BCUT2D eigenvalue weighted by Crippen LogP contribution is -2.37. The van der Waals surface area contributed by atoms with Crippen LogP contribution in [0.3, 0.4) is 0 Å². The van der Waals surface area contributed by atoms with E-state index in [1.807, 2.05) is 35.2 Å². The van der Waals surface area contributed by atoms with Gasteiger partial charge in [-0.1, -0.05) is 42.1 Å². The Balaban J connectivity index is 1.89. The van der Waals surface area contributed by atoms with Gasteiger partial charge in [0.05, 0.1) is 17.5 Å². The van der Waals surface area contributed by atoms with E-state index in [9.17, 15) is 13.2 Å². The smallest absolute Gasteiger partial charge is 0.262 e. The van der Waals surface area contributed by atoms with E-state index in [-0.39, 0.29) is 28.7 Å². The molecule has 0 N–H and O–H groups in total. The SMILES string of the molecule is O=C(CCl)N=C1SC2CS(=O)(=O)CC2N1Cc1ccccc1. The standard InChI is InChI=1S/C14H15ClN2O3S2/c15-6-13(18)16-14-17(7-10-4-2-1-3-5-10)11-8-22(19,20)9-12(11)21-14/h1-5,11-12H,6-9H2. The van der Waals surface area contributed by atoms with Crippen LogP contribution in [-0.4, -0.2) is 53.1 Å². The van der Waals surface area contributed by atoms with Crippen LogP contribution in [0.2, 0.25) is 0 Å². The molecular weight excluding hydrogens is 344 g/mol. The highest BCUT2D eigenvalue weighted by Gasteiger charge is 2.48. The molecule has 0 radical (unpaired) electrons. The Bertz CT molecular complexity index is 706. The molecule has 1 aromatic rings. The summed E-state index contributed by atoms with van der Waals surface area (Å²) in [6, 6.07) is 9.61. The fourth-order valence-electron chi connectivity index (χ4n) is 2.74. The lowest BCUT2D eigenvalue weighted by molar-refractivity contribution is -0.115. The van der Waals surface area contributed by atoms with E-state index in [4.69, 9.17) is 11.6 Å². The van der Waals surface area contributed by atoms with Crippen LogP contribution in [0.25, 0.3) is 0 Å². The number of alkyl halides is 1. The number of carbonyl (C=O) groups is 1. The van der Waals surface area contributed by atoms with Crippen molar-refractivity contribution in [3.05, 3.63) is 35.9 Å². The van der Waals surface area contributed by atoms with Gasteiger partial charge in [0.25, 0.3) is 5.91 Å². The molecule has 2 aliphatic heterocycles. The first-order valence-electron chi connectivity index (χ1n) is 6.83. The topological polar surface area (TPSA) is 66.8 Å². The second-order valence-electron chi connectivity index (χ2n) is 5.34. The first-order valence-corrected chi connectivity index (χ1v) is 10.1. The second kappa shape index (κ2) is 6.22. The van der Waals surface area contributed by atoms with Crippen molar-refractivity contribution in [1.29, 1.82) is 0 Å². The number of amidine groups is 1. The van der Waals surface area contributed by atoms with Crippen LogP contribution >= 0.6 is 23.4 Å². The summed E-state index contributed by atoms with van der Waals surface area (Å²) in [6.07, 6.45) is 0. The number of rotatable bonds is 3. The van der Waals surface area contributed by atoms with E-state index < -0.39 is 15.7 Å². The van der Waals surface area contributed by atoms with Crippen molar-refractivity contribution in [2.75, 3.05) is 17.4 Å². The number of hydrogen-bond acceptors (Lipinski definition) is 4. The van der Waals surface area contributed by atoms with Gasteiger partial charge in [0.1, 0.15) is 5.88 Å². The number of fused-ring (bicyclic) bond motifs is 1. The van der Waals surface area contributed by atoms with Crippen LogP contribution < -0.4 is 0 Å². The number of nitrogens with zero attached hydrogens (tertiary/aromatic N) is 2. The lowest BCUT2D eigenvalue weighted by atomic mass is 10.1. The Kier molecular flexibility index (Phi) is 4.47. The van der Waals surface area contributed by atoms with Gasteiger partial charge in [-0.3, -0.25) is 4.79 Å². The molecule has 2 saturated heterocycles. The fourth-order valence-corrected chi connectivity index (χ4v) is 6.77. The van der Waals surface area contributed by atoms with Crippen molar-refractivity contribution in [3.63, 3.8) is 0 Å². The zero-order valence-corrected chi connectivity index (χ0v) is 14.1. The van der Waals surface area contributed by atoms with Crippen molar-refractivity contribution in [2.24, 2.45) is 4.99 Å². The number of sulfone groups is 1. The van der Waals surface area contributed by atoms with Crippen molar-refractivity contribution in [3.8, 4) is 0 Å². The van der Waals surface area contributed by atoms with Crippen LogP contribution in [0, 0.1) is 0 Å². The molecule has 2 heterocycles.